The lowest BCUT2D eigenvalue weighted by atomic mass is 10.1. The van der Waals surface area contributed by atoms with Crippen LogP contribution in [0.1, 0.15) is 34.2 Å². The van der Waals surface area contributed by atoms with E-state index in [2.05, 4.69) is 11.4 Å². The van der Waals surface area contributed by atoms with E-state index in [1.807, 2.05) is 44.2 Å². The number of nitrogens with one attached hydrogen (secondary N) is 1. The molecule has 0 aliphatic rings. The fourth-order valence-electron chi connectivity index (χ4n) is 4.24. The molecule has 0 spiro atoms. The Morgan fingerprint density at radius 3 is 2.49 bits per heavy atom. The molecule has 1 heterocycles. The summed E-state index contributed by atoms with van der Waals surface area (Å²) in [5, 5.41) is 12.1. The lowest BCUT2D eigenvalue weighted by Crippen LogP contribution is -2.45. The van der Waals surface area contributed by atoms with Crippen molar-refractivity contribution < 1.29 is 23.8 Å². The number of urea groups is 1. The highest BCUT2D eigenvalue weighted by molar-refractivity contribution is 7.11. The Bertz CT molecular complexity index is 1340. The molecule has 3 aromatic rings. The summed E-state index contributed by atoms with van der Waals surface area (Å²) in [4.78, 5) is 32.6. The third kappa shape index (κ3) is 9.81. The van der Waals surface area contributed by atoms with Crippen LogP contribution in [0.3, 0.4) is 0 Å². The zero-order valence-corrected chi connectivity index (χ0v) is 25.0. The number of carbonyl (C=O) groups excluding carboxylic acids is 2. The summed E-state index contributed by atoms with van der Waals surface area (Å²) in [5.74, 6) is 1.12. The van der Waals surface area contributed by atoms with Crippen molar-refractivity contribution in [2.75, 3.05) is 52.4 Å². The van der Waals surface area contributed by atoms with Crippen molar-refractivity contribution in [1.29, 1.82) is 5.26 Å². The van der Waals surface area contributed by atoms with Gasteiger partial charge in [-0.3, -0.25) is 4.79 Å². The fourth-order valence-corrected chi connectivity index (χ4v) is 5.14. The van der Waals surface area contributed by atoms with Gasteiger partial charge < -0.3 is 29.3 Å². The van der Waals surface area contributed by atoms with Crippen molar-refractivity contribution in [3.8, 4) is 17.6 Å². The number of methoxy groups -OCH3 is 2. The maximum atomic E-state index is 13.7. The number of anilines is 1. The number of hydrogen-bond acceptors (Lipinski definition) is 7. The van der Waals surface area contributed by atoms with Gasteiger partial charge in [-0.2, -0.15) is 5.26 Å². The van der Waals surface area contributed by atoms with Crippen LogP contribution in [0.15, 0.2) is 54.6 Å². The number of nitrogens with zero attached hydrogens (tertiary/aromatic N) is 3. The number of carbonyl (C=O) groups is 2. The Hall–Kier alpha value is -4.07. The van der Waals surface area contributed by atoms with Gasteiger partial charge in [-0.05, 0) is 74.7 Å². The van der Waals surface area contributed by atoms with E-state index >= 15 is 0 Å². The smallest absolute Gasteiger partial charge is 0.322 e. The van der Waals surface area contributed by atoms with Crippen LogP contribution in [-0.2, 0) is 22.5 Å². The summed E-state index contributed by atoms with van der Waals surface area (Å²) < 4.78 is 16.3. The van der Waals surface area contributed by atoms with Gasteiger partial charge in [0, 0.05) is 41.7 Å². The van der Waals surface area contributed by atoms with Crippen LogP contribution >= 0.6 is 11.3 Å². The molecule has 0 radical (unpaired) electrons. The molecule has 0 aliphatic heterocycles. The average molecular weight is 579 g/mol. The van der Waals surface area contributed by atoms with E-state index < -0.39 is 6.03 Å². The first kappa shape index (κ1) is 31.5. The zero-order valence-electron chi connectivity index (χ0n) is 24.1. The molecule has 1 aromatic heterocycles. The number of thiophene rings is 1. The average Bonchev–Trinajstić information content (AvgIpc) is 3.40. The molecule has 9 nitrogen and oxygen atoms in total. The third-order valence-corrected chi connectivity index (χ3v) is 7.38. The molecule has 3 rings (SSSR count). The first-order valence-electron chi connectivity index (χ1n) is 13.5. The van der Waals surface area contributed by atoms with Crippen LogP contribution < -0.4 is 14.8 Å². The summed E-state index contributed by atoms with van der Waals surface area (Å²) in [6.07, 6.45) is 1.19. The second-order valence-electron chi connectivity index (χ2n) is 9.36. The van der Waals surface area contributed by atoms with E-state index in [-0.39, 0.29) is 12.5 Å². The van der Waals surface area contributed by atoms with Gasteiger partial charge in [-0.1, -0.05) is 12.1 Å². The topological polar surface area (TPSA) is 104 Å². The minimum Gasteiger partial charge on any atom is -0.493 e. The molecule has 0 atom stereocenters. The first-order valence-corrected chi connectivity index (χ1v) is 14.4. The Morgan fingerprint density at radius 1 is 1.00 bits per heavy atom. The normalized spacial score (nSPS) is 10.5. The molecule has 41 heavy (non-hydrogen) atoms. The number of ether oxygens (including phenoxy) is 3. The largest absolute Gasteiger partial charge is 0.493 e. The van der Waals surface area contributed by atoms with E-state index in [4.69, 9.17) is 14.2 Å². The van der Waals surface area contributed by atoms with Crippen LogP contribution in [0.2, 0.25) is 0 Å². The zero-order chi connectivity index (χ0) is 29.6. The van der Waals surface area contributed by atoms with Crippen molar-refractivity contribution >= 4 is 29.0 Å². The summed E-state index contributed by atoms with van der Waals surface area (Å²) in [6, 6.07) is 18.2. The van der Waals surface area contributed by atoms with E-state index in [1.165, 1.54) is 9.78 Å². The highest BCUT2D eigenvalue weighted by Crippen LogP contribution is 2.28. The summed E-state index contributed by atoms with van der Waals surface area (Å²) in [7, 11) is 3.19. The molecule has 0 saturated heterocycles. The van der Waals surface area contributed by atoms with Gasteiger partial charge in [-0.15, -0.1) is 11.3 Å². The molecule has 0 bridgehead atoms. The van der Waals surface area contributed by atoms with Crippen LogP contribution in [0, 0.1) is 18.3 Å². The minimum atomic E-state index is -0.406. The summed E-state index contributed by atoms with van der Waals surface area (Å²) in [5.41, 5.74) is 1.94. The maximum Gasteiger partial charge on any atom is 0.322 e. The number of rotatable bonds is 15. The predicted octanol–water partition coefficient (Wildman–Crippen LogP) is 5.48. The second-order valence-corrected chi connectivity index (χ2v) is 10.7. The minimum absolute atomic E-state index is 0.0911. The van der Waals surface area contributed by atoms with E-state index in [9.17, 15) is 14.9 Å². The van der Waals surface area contributed by atoms with Crippen molar-refractivity contribution in [1.82, 2.24) is 9.80 Å². The number of hydrogen-bond donors (Lipinski definition) is 1. The van der Waals surface area contributed by atoms with Crippen LogP contribution in [0.4, 0.5) is 10.5 Å². The molecule has 1 N–H and O–H groups in total. The molecule has 3 amide bonds. The lowest BCUT2D eigenvalue weighted by molar-refractivity contribution is -0.132. The lowest BCUT2D eigenvalue weighted by Gasteiger charge is -2.28. The van der Waals surface area contributed by atoms with E-state index in [0.29, 0.717) is 68.4 Å². The number of aryl methyl sites for hydroxylation is 1. The van der Waals surface area contributed by atoms with Gasteiger partial charge in [0.25, 0.3) is 0 Å². The van der Waals surface area contributed by atoms with Gasteiger partial charge in [0.1, 0.15) is 6.54 Å². The van der Waals surface area contributed by atoms with Crippen molar-refractivity contribution in [3.05, 3.63) is 75.5 Å². The van der Waals surface area contributed by atoms with Gasteiger partial charge >= 0.3 is 6.03 Å². The van der Waals surface area contributed by atoms with Gasteiger partial charge in [0.2, 0.25) is 5.91 Å². The molecular formula is C31H38N4O5S. The maximum absolute atomic E-state index is 13.7. The molecule has 0 saturated carbocycles. The van der Waals surface area contributed by atoms with Crippen molar-refractivity contribution in [3.63, 3.8) is 0 Å². The van der Waals surface area contributed by atoms with E-state index in [1.54, 1.807) is 54.7 Å². The number of amides is 3. The highest BCUT2D eigenvalue weighted by atomic mass is 32.1. The Balaban J connectivity index is 1.77. The van der Waals surface area contributed by atoms with Gasteiger partial charge in [0.15, 0.2) is 11.5 Å². The van der Waals surface area contributed by atoms with Crippen molar-refractivity contribution in [2.45, 2.75) is 33.2 Å². The monoisotopic (exact) mass is 578 g/mol. The number of benzene rings is 2. The molecule has 0 fully saturated rings. The summed E-state index contributed by atoms with van der Waals surface area (Å²) >= 11 is 1.65. The molecule has 2 aromatic carbocycles. The quantitative estimate of drug-likeness (QED) is 0.240. The highest BCUT2D eigenvalue weighted by Gasteiger charge is 2.22. The van der Waals surface area contributed by atoms with Crippen LogP contribution in [-0.4, -0.2) is 68.8 Å². The predicted molar refractivity (Wildman–Crippen MR) is 161 cm³/mol. The Labute approximate surface area is 246 Å². The molecule has 10 heteroatoms. The molecule has 218 valence electrons. The first-order chi connectivity index (χ1) is 19.9. The van der Waals surface area contributed by atoms with E-state index in [0.717, 1.165) is 10.4 Å². The fraction of sp³-hybridized carbons (Fsp3) is 0.387. The van der Waals surface area contributed by atoms with Gasteiger partial charge in [0.05, 0.1) is 32.4 Å². The second kappa shape index (κ2) is 16.3. The Kier molecular flexibility index (Phi) is 12.5. The Morgan fingerprint density at radius 2 is 1.80 bits per heavy atom. The third-order valence-electron chi connectivity index (χ3n) is 6.39. The number of nitriles is 1. The van der Waals surface area contributed by atoms with Crippen molar-refractivity contribution in [2.24, 2.45) is 0 Å². The van der Waals surface area contributed by atoms with Crippen LogP contribution in [0.5, 0.6) is 11.5 Å². The molecule has 0 unspecified atom stereocenters. The van der Waals surface area contributed by atoms with Crippen LogP contribution in [0.25, 0.3) is 0 Å². The van der Waals surface area contributed by atoms with Gasteiger partial charge in [-0.25, -0.2) is 4.79 Å². The molecule has 0 aliphatic carbocycles. The SMILES string of the molecule is CCOCCCN(CC(=O)N(CCc1ccc(OC)c(OC)c1)Cc1ccc(C)s1)C(=O)Nc1cccc(C#N)c1. The summed E-state index contributed by atoms with van der Waals surface area (Å²) in [6.45, 7) is 6.18. The molecular weight excluding hydrogens is 540 g/mol. The standard InChI is InChI=1S/C31H38N4O5S/c1-5-40-17-7-15-35(31(37)33-26-9-6-8-25(18-26)20-32)22-30(36)34(21-27-12-10-23(2)41-27)16-14-24-11-13-28(38-3)29(19-24)39-4/h6,8-13,18-19H,5,7,14-17,21-22H2,1-4H3,(H,33,37).